The lowest BCUT2D eigenvalue weighted by atomic mass is 10.0. The predicted molar refractivity (Wildman–Crippen MR) is 110 cm³/mol. The maximum absolute atomic E-state index is 12.8. The summed E-state index contributed by atoms with van der Waals surface area (Å²) in [5, 5.41) is 15.2. The van der Waals surface area contributed by atoms with Crippen LogP contribution in [-0.4, -0.2) is 29.0 Å². The number of hydrogen-bond acceptors (Lipinski definition) is 5. The van der Waals surface area contributed by atoms with E-state index in [1.165, 1.54) is 0 Å². The van der Waals surface area contributed by atoms with Crippen LogP contribution in [0.4, 0.5) is 0 Å². The molecule has 3 atom stereocenters. The van der Waals surface area contributed by atoms with Crippen molar-refractivity contribution in [3.8, 4) is 5.75 Å². The molecule has 6 heteroatoms. The number of phenols is 1. The van der Waals surface area contributed by atoms with Crippen LogP contribution in [0.25, 0.3) is 0 Å². The number of hydrogen-bond donors (Lipinski definition) is 4. The Hall–Kier alpha value is -2.70. The molecule has 6 nitrogen and oxygen atoms in total. The summed E-state index contributed by atoms with van der Waals surface area (Å²) in [5.41, 5.74) is 7.76. The van der Waals surface area contributed by atoms with Gasteiger partial charge >= 0.3 is 0 Å². The molecular weight excluding hydrogens is 354 g/mol. The third-order valence-corrected chi connectivity index (χ3v) is 4.71. The second-order valence-electron chi connectivity index (χ2n) is 7.35. The van der Waals surface area contributed by atoms with Crippen molar-refractivity contribution < 1.29 is 14.7 Å². The number of rotatable bonds is 8. The van der Waals surface area contributed by atoms with Gasteiger partial charge in [-0.1, -0.05) is 56.3 Å². The summed E-state index contributed by atoms with van der Waals surface area (Å²) >= 11 is 0. The number of benzene rings is 2. The van der Waals surface area contributed by atoms with Gasteiger partial charge in [-0.15, -0.1) is 0 Å². The molecular formula is C22H29N3O3. The number of amides is 2. The zero-order valence-corrected chi connectivity index (χ0v) is 16.6. The average Bonchev–Trinajstić information content (AvgIpc) is 2.68. The Labute approximate surface area is 166 Å². The van der Waals surface area contributed by atoms with E-state index in [0.717, 1.165) is 11.1 Å². The highest BCUT2D eigenvalue weighted by Gasteiger charge is 2.26. The van der Waals surface area contributed by atoms with Gasteiger partial charge in [-0.3, -0.25) is 20.2 Å². The monoisotopic (exact) mass is 383 g/mol. The molecule has 0 heterocycles. The van der Waals surface area contributed by atoms with E-state index < -0.39 is 23.9 Å². The highest BCUT2D eigenvalue weighted by atomic mass is 16.3. The van der Waals surface area contributed by atoms with Gasteiger partial charge in [-0.25, -0.2) is 0 Å². The fourth-order valence-electron chi connectivity index (χ4n) is 2.83. The summed E-state index contributed by atoms with van der Waals surface area (Å²) in [6.07, 6.45) is 0.369. The van der Waals surface area contributed by atoms with E-state index in [4.69, 9.17) is 5.73 Å². The number of imide groups is 1. The summed E-state index contributed by atoms with van der Waals surface area (Å²) in [6.45, 7) is 5.63. The molecule has 5 N–H and O–H groups in total. The number of phenolic OH excluding ortho intramolecular Hbond substituents is 1. The molecule has 2 aromatic carbocycles. The summed E-state index contributed by atoms with van der Waals surface area (Å²) in [5.74, 6) is -0.810. The molecule has 0 aliphatic heterocycles. The van der Waals surface area contributed by atoms with Gasteiger partial charge < -0.3 is 10.8 Å². The lowest BCUT2D eigenvalue weighted by Crippen LogP contribution is -2.53. The van der Waals surface area contributed by atoms with Gasteiger partial charge in [0.15, 0.2) is 0 Å². The summed E-state index contributed by atoms with van der Waals surface area (Å²) in [7, 11) is 0. The Kier molecular flexibility index (Phi) is 7.72. The Bertz CT molecular complexity index is 775. The standard InChI is InChI=1S/C22H29N3O3/c1-14(2)20(23)22(28)25-21(27)19(13-16-9-11-18(26)12-10-16)24-15(3)17-7-5-4-6-8-17/h4-12,14-15,19-20,24,26H,13,23H2,1-3H3,(H,25,27,28)/t15-,19+,20+/m1/s1. The van der Waals surface area contributed by atoms with Crippen LogP contribution in [0, 0.1) is 5.92 Å². The summed E-state index contributed by atoms with van der Waals surface area (Å²) in [6, 6.07) is 15.0. The van der Waals surface area contributed by atoms with Gasteiger partial charge in [0, 0.05) is 6.04 Å². The quantitative estimate of drug-likeness (QED) is 0.560. The molecule has 0 spiro atoms. The lowest BCUT2D eigenvalue weighted by Gasteiger charge is -2.24. The van der Waals surface area contributed by atoms with Crippen LogP contribution in [0.15, 0.2) is 54.6 Å². The highest BCUT2D eigenvalue weighted by molar-refractivity contribution is 6.00. The second kappa shape index (κ2) is 10.0. The number of carbonyl (C=O) groups excluding carboxylic acids is 2. The second-order valence-corrected chi connectivity index (χ2v) is 7.35. The van der Waals surface area contributed by atoms with E-state index in [0.29, 0.717) is 6.42 Å². The largest absolute Gasteiger partial charge is 0.508 e. The summed E-state index contributed by atoms with van der Waals surface area (Å²) in [4.78, 5) is 25.1. The molecule has 0 fully saturated rings. The molecule has 2 rings (SSSR count). The van der Waals surface area contributed by atoms with Gasteiger partial charge in [0.25, 0.3) is 0 Å². The zero-order valence-electron chi connectivity index (χ0n) is 16.6. The van der Waals surface area contributed by atoms with Crippen LogP contribution in [0.5, 0.6) is 5.75 Å². The zero-order chi connectivity index (χ0) is 20.7. The van der Waals surface area contributed by atoms with E-state index in [1.54, 1.807) is 24.3 Å². The molecule has 0 saturated heterocycles. The van der Waals surface area contributed by atoms with Crippen molar-refractivity contribution in [1.82, 2.24) is 10.6 Å². The van der Waals surface area contributed by atoms with Gasteiger partial charge in [-0.2, -0.15) is 0 Å². The Morgan fingerprint density at radius 2 is 1.57 bits per heavy atom. The fourth-order valence-corrected chi connectivity index (χ4v) is 2.83. The molecule has 0 radical (unpaired) electrons. The van der Waals surface area contributed by atoms with Gasteiger partial charge in [0.05, 0.1) is 12.1 Å². The average molecular weight is 383 g/mol. The fraction of sp³-hybridized carbons (Fsp3) is 0.364. The minimum atomic E-state index is -0.746. The van der Waals surface area contributed by atoms with Crippen molar-refractivity contribution in [3.05, 3.63) is 65.7 Å². The molecule has 150 valence electrons. The molecule has 0 aliphatic rings. The van der Waals surface area contributed by atoms with E-state index in [1.807, 2.05) is 51.1 Å². The van der Waals surface area contributed by atoms with E-state index in [-0.39, 0.29) is 17.7 Å². The van der Waals surface area contributed by atoms with Crippen LogP contribution >= 0.6 is 0 Å². The molecule has 0 unspecified atom stereocenters. The first-order valence-corrected chi connectivity index (χ1v) is 9.47. The van der Waals surface area contributed by atoms with Crippen LogP contribution in [0.1, 0.15) is 37.9 Å². The van der Waals surface area contributed by atoms with Crippen molar-refractivity contribution in [2.75, 3.05) is 0 Å². The van der Waals surface area contributed by atoms with E-state index in [2.05, 4.69) is 10.6 Å². The Balaban J connectivity index is 2.15. The maximum Gasteiger partial charge on any atom is 0.244 e. The Morgan fingerprint density at radius 1 is 0.964 bits per heavy atom. The lowest BCUT2D eigenvalue weighted by molar-refractivity contribution is -0.132. The molecule has 2 amide bonds. The Morgan fingerprint density at radius 3 is 2.14 bits per heavy atom. The first-order chi connectivity index (χ1) is 13.3. The number of aromatic hydroxyl groups is 1. The highest BCUT2D eigenvalue weighted by Crippen LogP contribution is 2.16. The minimum absolute atomic E-state index is 0.0699. The molecule has 0 bridgehead atoms. The normalized spacial score (nSPS) is 14.3. The first kappa shape index (κ1) is 21.6. The SMILES string of the molecule is CC(C)[C@H](N)C(=O)NC(=O)[C@H](Cc1ccc(O)cc1)N[C@H](C)c1ccccc1. The van der Waals surface area contributed by atoms with Crippen molar-refractivity contribution in [3.63, 3.8) is 0 Å². The van der Waals surface area contributed by atoms with Crippen LogP contribution < -0.4 is 16.4 Å². The molecule has 2 aromatic rings. The molecule has 0 saturated carbocycles. The van der Waals surface area contributed by atoms with Crippen LogP contribution in [-0.2, 0) is 16.0 Å². The third-order valence-electron chi connectivity index (χ3n) is 4.71. The molecule has 0 aliphatic carbocycles. The maximum atomic E-state index is 12.8. The predicted octanol–water partition coefficient (Wildman–Crippen LogP) is 2.28. The van der Waals surface area contributed by atoms with Gasteiger partial charge in [0.2, 0.25) is 11.8 Å². The smallest absolute Gasteiger partial charge is 0.244 e. The van der Waals surface area contributed by atoms with Gasteiger partial charge in [0.1, 0.15) is 5.75 Å². The minimum Gasteiger partial charge on any atom is -0.508 e. The summed E-state index contributed by atoms with van der Waals surface area (Å²) < 4.78 is 0. The van der Waals surface area contributed by atoms with Crippen LogP contribution in [0.2, 0.25) is 0 Å². The van der Waals surface area contributed by atoms with Crippen molar-refractivity contribution in [1.29, 1.82) is 0 Å². The van der Waals surface area contributed by atoms with Crippen molar-refractivity contribution in [2.45, 2.75) is 45.3 Å². The van der Waals surface area contributed by atoms with Crippen molar-refractivity contribution in [2.24, 2.45) is 11.7 Å². The molecule has 0 aromatic heterocycles. The van der Waals surface area contributed by atoms with Crippen LogP contribution in [0.3, 0.4) is 0 Å². The van der Waals surface area contributed by atoms with Gasteiger partial charge in [-0.05, 0) is 42.5 Å². The number of nitrogens with two attached hydrogens (primary N) is 1. The molecule has 28 heavy (non-hydrogen) atoms. The van der Waals surface area contributed by atoms with Crippen molar-refractivity contribution >= 4 is 11.8 Å². The van der Waals surface area contributed by atoms with E-state index >= 15 is 0 Å². The first-order valence-electron chi connectivity index (χ1n) is 9.47. The van der Waals surface area contributed by atoms with E-state index in [9.17, 15) is 14.7 Å². The topological polar surface area (TPSA) is 104 Å². The number of nitrogens with one attached hydrogen (secondary N) is 2. The third kappa shape index (κ3) is 6.18. The number of carbonyl (C=O) groups is 2.